The fraction of sp³-hybridized carbons (Fsp3) is 0.421. The first-order chi connectivity index (χ1) is 11.7. The van der Waals surface area contributed by atoms with Crippen LogP contribution in [0.15, 0.2) is 41.8 Å². The molecule has 0 spiro atoms. The number of rotatable bonds is 3. The van der Waals surface area contributed by atoms with Crippen molar-refractivity contribution < 1.29 is 14.4 Å². The molecule has 0 bridgehead atoms. The highest BCUT2D eigenvalue weighted by Gasteiger charge is 2.53. The van der Waals surface area contributed by atoms with Crippen LogP contribution in [0, 0.1) is 0 Å². The third-order valence-electron chi connectivity index (χ3n) is 5.02. The molecule has 2 aliphatic heterocycles. The van der Waals surface area contributed by atoms with E-state index in [1.165, 1.54) is 12.3 Å². The smallest absolute Gasteiger partial charge is 0.280 e. The highest BCUT2D eigenvalue weighted by atomic mass is 32.1. The van der Waals surface area contributed by atoms with E-state index in [4.69, 9.17) is 4.74 Å². The standard InChI is InChI=1S/C19H23N2O2S/c1-23-16-9-5-4-8-15(16)20-14-19(22,17-10-7-13-24-17)21-12-6-2-3-11-18(20)21/h4-5,7-10,13,22H,2-3,6,11-12,14H2,1H3/q+1/t19-/m0/s1. The van der Waals surface area contributed by atoms with Crippen LogP contribution in [-0.2, 0) is 5.72 Å². The van der Waals surface area contributed by atoms with Gasteiger partial charge in [0.1, 0.15) is 0 Å². The van der Waals surface area contributed by atoms with Crippen LogP contribution in [0.1, 0.15) is 30.6 Å². The number of para-hydroxylation sites is 2. The van der Waals surface area contributed by atoms with E-state index in [0.717, 1.165) is 42.1 Å². The van der Waals surface area contributed by atoms with Crippen LogP contribution >= 0.6 is 11.3 Å². The number of amidine groups is 1. The zero-order valence-corrected chi connectivity index (χ0v) is 14.8. The maximum atomic E-state index is 11.6. The van der Waals surface area contributed by atoms with Gasteiger partial charge >= 0.3 is 0 Å². The number of methoxy groups -OCH3 is 1. The Hall–Kier alpha value is -1.85. The first kappa shape index (κ1) is 15.7. The lowest BCUT2D eigenvalue weighted by atomic mass is 10.1. The summed E-state index contributed by atoms with van der Waals surface area (Å²) in [7, 11) is 1.70. The molecule has 1 aromatic carbocycles. The Labute approximate surface area is 146 Å². The Morgan fingerprint density at radius 3 is 2.83 bits per heavy atom. The second-order valence-electron chi connectivity index (χ2n) is 6.43. The highest BCUT2D eigenvalue weighted by molar-refractivity contribution is 7.10. The minimum absolute atomic E-state index is 0.545. The molecule has 0 saturated heterocycles. The summed E-state index contributed by atoms with van der Waals surface area (Å²) >= 11 is 1.63. The fourth-order valence-electron chi connectivity index (χ4n) is 3.86. The predicted molar refractivity (Wildman–Crippen MR) is 97.2 cm³/mol. The largest absolute Gasteiger partial charge is 0.492 e. The van der Waals surface area contributed by atoms with E-state index in [2.05, 4.69) is 15.5 Å². The van der Waals surface area contributed by atoms with Crippen molar-refractivity contribution in [3.05, 3.63) is 46.7 Å². The predicted octanol–water partition coefficient (Wildman–Crippen LogP) is 3.41. The zero-order valence-electron chi connectivity index (χ0n) is 13.9. The highest BCUT2D eigenvalue weighted by Crippen LogP contribution is 2.39. The number of ether oxygens (including phenoxy) is 1. The first-order valence-corrected chi connectivity index (χ1v) is 9.42. The quantitative estimate of drug-likeness (QED) is 0.868. The van der Waals surface area contributed by atoms with Crippen LogP contribution < -0.4 is 9.64 Å². The van der Waals surface area contributed by atoms with E-state index < -0.39 is 5.72 Å². The van der Waals surface area contributed by atoms with E-state index in [9.17, 15) is 5.11 Å². The van der Waals surface area contributed by atoms with Gasteiger partial charge in [0.15, 0.2) is 18.0 Å². The maximum absolute atomic E-state index is 11.6. The minimum atomic E-state index is -0.950. The molecule has 126 valence electrons. The summed E-state index contributed by atoms with van der Waals surface area (Å²) in [6, 6.07) is 12.1. The van der Waals surface area contributed by atoms with Gasteiger partial charge in [-0.05, 0) is 42.8 Å². The van der Waals surface area contributed by atoms with Crippen molar-refractivity contribution in [1.29, 1.82) is 0 Å². The van der Waals surface area contributed by atoms with Crippen LogP contribution in [0.4, 0.5) is 5.69 Å². The third kappa shape index (κ3) is 2.43. The molecule has 2 aromatic rings. The Balaban J connectivity index is 1.83. The second kappa shape index (κ2) is 6.22. The van der Waals surface area contributed by atoms with Gasteiger partial charge < -0.3 is 9.84 Å². The summed E-state index contributed by atoms with van der Waals surface area (Å²) in [4.78, 5) is 3.27. The Morgan fingerprint density at radius 2 is 2.04 bits per heavy atom. The third-order valence-corrected chi connectivity index (χ3v) is 6.03. The summed E-state index contributed by atoms with van der Waals surface area (Å²) < 4.78 is 7.80. The lowest BCUT2D eigenvalue weighted by Gasteiger charge is -2.22. The monoisotopic (exact) mass is 343 g/mol. The average Bonchev–Trinajstić information content (AvgIpc) is 3.16. The Morgan fingerprint density at radius 1 is 1.17 bits per heavy atom. The molecular weight excluding hydrogens is 320 g/mol. The molecular formula is C19H23N2O2S+. The number of aliphatic hydroxyl groups is 1. The van der Waals surface area contributed by atoms with Gasteiger partial charge in [-0.1, -0.05) is 18.2 Å². The molecule has 0 saturated carbocycles. The van der Waals surface area contributed by atoms with Crippen LogP contribution in [0.25, 0.3) is 0 Å². The number of anilines is 1. The van der Waals surface area contributed by atoms with Gasteiger partial charge in [-0.15, -0.1) is 11.3 Å². The van der Waals surface area contributed by atoms with Crippen molar-refractivity contribution in [1.82, 2.24) is 0 Å². The lowest BCUT2D eigenvalue weighted by molar-refractivity contribution is -0.657. The number of thiophene rings is 1. The Bertz CT molecular complexity index is 756. The van der Waals surface area contributed by atoms with Gasteiger partial charge in [0.25, 0.3) is 11.6 Å². The molecule has 0 unspecified atom stereocenters. The van der Waals surface area contributed by atoms with Crippen LogP contribution in [-0.4, -0.2) is 35.7 Å². The number of nitrogens with zero attached hydrogens (tertiary/aromatic N) is 2. The topological polar surface area (TPSA) is 35.7 Å². The van der Waals surface area contributed by atoms with Crippen LogP contribution in [0.3, 0.4) is 0 Å². The zero-order chi connectivity index (χ0) is 16.6. The Kier molecular flexibility index (Phi) is 4.06. The van der Waals surface area contributed by atoms with Crippen molar-refractivity contribution in [2.75, 3.05) is 25.1 Å². The minimum Gasteiger partial charge on any atom is -0.492 e. The summed E-state index contributed by atoms with van der Waals surface area (Å²) in [5, 5.41) is 13.6. The van der Waals surface area contributed by atoms with Gasteiger partial charge in [-0.3, -0.25) is 0 Å². The number of hydrogen-bond donors (Lipinski definition) is 1. The van der Waals surface area contributed by atoms with Crippen molar-refractivity contribution >= 4 is 22.9 Å². The van der Waals surface area contributed by atoms with Crippen molar-refractivity contribution in [2.24, 2.45) is 0 Å². The molecule has 1 atom stereocenters. The molecule has 24 heavy (non-hydrogen) atoms. The number of hydrogen-bond acceptors (Lipinski definition) is 4. The summed E-state index contributed by atoms with van der Waals surface area (Å²) in [6.45, 7) is 1.44. The molecule has 2 aliphatic rings. The van der Waals surface area contributed by atoms with Gasteiger partial charge in [0.05, 0.1) is 18.5 Å². The number of benzene rings is 1. The normalized spacial score (nSPS) is 24.0. The molecule has 4 nitrogen and oxygen atoms in total. The summed E-state index contributed by atoms with van der Waals surface area (Å²) in [6.07, 6.45) is 4.49. The van der Waals surface area contributed by atoms with E-state index in [1.54, 1.807) is 18.4 Å². The van der Waals surface area contributed by atoms with E-state index in [0.29, 0.717) is 6.54 Å². The van der Waals surface area contributed by atoms with Crippen molar-refractivity contribution in [3.63, 3.8) is 0 Å². The lowest BCUT2D eigenvalue weighted by Crippen LogP contribution is -2.40. The van der Waals surface area contributed by atoms with Crippen LogP contribution in [0.5, 0.6) is 5.75 Å². The molecule has 3 heterocycles. The molecule has 0 radical (unpaired) electrons. The summed E-state index contributed by atoms with van der Waals surface area (Å²) in [5.41, 5.74) is 0.0868. The SMILES string of the molecule is COc1ccccc1N1C[C@](O)(c2cccs2)[N+]2=C1CCCCC2. The molecule has 0 aliphatic carbocycles. The van der Waals surface area contributed by atoms with Gasteiger partial charge in [-0.2, -0.15) is 0 Å². The maximum Gasteiger partial charge on any atom is 0.280 e. The molecule has 1 aromatic heterocycles. The van der Waals surface area contributed by atoms with E-state index in [1.807, 2.05) is 35.7 Å². The molecule has 1 N–H and O–H groups in total. The van der Waals surface area contributed by atoms with Gasteiger partial charge in [-0.25, -0.2) is 9.48 Å². The average molecular weight is 343 g/mol. The van der Waals surface area contributed by atoms with Crippen molar-refractivity contribution in [3.8, 4) is 5.75 Å². The van der Waals surface area contributed by atoms with Crippen molar-refractivity contribution in [2.45, 2.75) is 31.4 Å². The second-order valence-corrected chi connectivity index (χ2v) is 7.38. The molecule has 4 rings (SSSR count). The first-order valence-electron chi connectivity index (χ1n) is 8.54. The number of β-amino-alcohol motifs (C(OH)–C–C–N with tert-alkyl or cyclic N) is 1. The van der Waals surface area contributed by atoms with Gasteiger partial charge in [0.2, 0.25) is 0 Å². The fourth-order valence-corrected chi connectivity index (χ4v) is 4.69. The molecule has 0 fully saturated rings. The molecule has 0 amide bonds. The summed E-state index contributed by atoms with van der Waals surface area (Å²) in [5.74, 6) is 2.07. The van der Waals surface area contributed by atoms with Crippen LogP contribution in [0.2, 0.25) is 0 Å². The van der Waals surface area contributed by atoms with E-state index >= 15 is 0 Å². The molecule has 5 heteroatoms. The van der Waals surface area contributed by atoms with Gasteiger partial charge in [0, 0.05) is 6.42 Å². The van der Waals surface area contributed by atoms with E-state index in [-0.39, 0.29) is 0 Å².